The van der Waals surface area contributed by atoms with E-state index in [1.165, 1.54) is 4.90 Å². The quantitative estimate of drug-likeness (QED) is 0.522. The van der Waals surface area contributed by atoms with Crippen LogP contribution in [0.4, 0.5) is 4.39 Å². The van der Waals surface area contributed by atoms with E-state index in [-0.39, 0.29) is 49.7 Å². The summed E-state index contributed by atoms with van der Waals surface area (Å²) in [6.45, 7) is 3.83. The van der Waals surface area contributed by atoms with Gasteiger partial charge < -0.3 is 19.7 Å². The van der Waals surface area contributed by atoms with Gasteiger partial charge in [-0.15, -0.1) is 0 Å². The van der Waals surface area contributed by atoms with Crippen LogP contribution in [0.2, 0.25) is 0 Å². The number of hydrogen-bond donors (Lipinski definition) is 2. The van der Waals surface area contributed by atoms with E-state index in [0.717, 1.165) is 18.7 Å². The number of morpholine rings is 1. The van der Waals surface area contributed by atoms with Crippen LogP contribution in [-0.4, -0.2) is 73.5 Å². The Balaban J connectivity index is 1.29. The van der Waals surface area contributed by atoms with Crippen LogP contribution in [0, 0.1) is 5.82 Å². The minimum absolute atomic E-state index is 0.00340. The number of nitrogens with zero attached hydrogens (tertiary/aromatic N) is 2. The molecule has 0 saturated carbocycles. The number of piperidine rings is 1. The molecule has 2 N–H and O–H groups in total. The summed E-state index contributed by atoms with van der Waals surface area (Å²) < 4.78 is 26.6. The van der Waals surface area contributed by atoms with Crippen molar-refractivity contribution >= 4 is 17.7 Å². The molecule has 1 unspecified atom stereocenters. The molecule has 196 valence electrons. The van der Waals surface area contributed by atoms with E-state index in [1.54, 1.807) is 30.3 Å². The number of hydrogen-bond acceptors (Lipinski definition) is 7. The molecule has 3 aliphatic rings. The van der Waals surface area contributed by atoms with Crippen molar-refractivity contribution in [1.82, 2.24) is 20.4 Å². The molecule has 2 aromatic carbocycles. The van der Waals surface area contributed by atoms with E-state index in [0.29, 0.717) is 42.2 Å². The Morgan fingerprint density at radius 2 is 2.00 bits per heavy atom. The van der Waals surface area contributed by atoms with Crippen molar-refractivity contribution in [3.05, 3.63) is 64.5 Å². The number of benzene rings is 2. The minimum atomic E-state index is -0.701. The summed E-state index contributed by atoms with van der Waals surface area (Å²) in [7, 11) is 1.89. The number of fused-ring (bicyclic) bond motifs is 1. The van der Waals surface area contributed by atoms with Crippen molar-refractivity contribution in [2.24, 2.45) is 0 Å². The van der Waals surface area contributed by atoms with E-state index in [9.17, 15) is 14.4 Å². The topological polar surface area (TPSA) is 100 Å². The molecule has 5 rings (SSSR count). The number of halogens is 1. The first-order valence-corrected chi connectivity index (χ1v) is 12.6. The van der Waals surface area contributed by atoms with Gasteiger partial charge in [-0.05, 0) is 37.2 Å². The van der Waals surface area contributed by atoms with Crippen molar-refractivity contribution < 1.29 is 28.2 Å². The molecule has 2 atom stereocenters. The molecular formula is C27H31FN4O5. The third-order valence-electron chi connectivity index (χ3n) is 7.27. The van der Waals surface area contributed by atoms with Crippen molar-refractivity contribution in [2.75, 3.05) is 39.9 Å². The second-order valence-electron chi connectivity index (χ2n) is 9.54. The predicted octanol–water partition coefficient (Wildman–Crippen LogP) is 1.76. The Bertz CT molecular complexity index is 1200. The van der Waals surface area contributed by atoms with Gasteiger partial charge in [-0.3, -0.25) is 24.6 Å². The maximum Gasteiger partial charge on any atom is 0.255 e. The van der Waals surface area contributed by atoms with Crippen molar-refractivity contribution in [2.45, 2.75) is 38.1 Å². The summed E-state index contributed by atoms with van der Waals surface area (Å²) >= 11 is 0. The van der Waals surface area contributed by atoms with Gasteiger partial charge in [0, 0.05) is 48.8 Å². The zero-order chi connectivity index (χ0) is 25.9. The summed E-state index contributed by atoms with van der Waals surface area (Å²) in [5.74, 6) is -0.934. The van der Waals surface area contributed by atoms with Gasteiger partial charge in [-0.25, -0.2) is 4.39 Å². The molecule has 0 spiro atoms. The predicted molar refractivity (Wildman–Crippen MR) is 132 cm³/mol. The SMILES string of the molecule is CNCC(c1ccc(COc2cccc3c2CN([C@H]2CCC(=O)NC2=O)C3=O)c(F)c1)N1CCOCC1. The van der Waals surface area contributed by atoms with Crippen LogP contribution >= 0.6 is 0 Å². The summed E-state index contributed by atoms with van der Waals surface area (Å²) in [5.41, 5.74) is 2.43. The summed E-state index contributed by atoms with van der Waals surface area (Å²) in [4.78, 5) is 40.6. The minimum Gasteiger partial charge on any atom is -0.488 e. The van der Waals surface area contributed by atoms with Gasteiger partial charge in [0.2, 0.25) is 11.8 Å². The van der Waals surface area contributed by atoms with E-state index in [2.05, 4.69) is 15.5 Å². The van der Waals surface area contributed by atoms with Crippen LogP contribution in [0.1, 0.15) is 45.9 Å². The van der Waals surface area contributed by atoms with Crippen LogP contribution in [0.15, 0.2) is 36.4 Å². The number of imide groups is 1. The van der Waals surface area contributed by atoms with Gasteiger partial charge >= 0.3 is 0 Å². The van der Waals surface area contributed by atoms with Gasteiger partial charge in [0.05, 0.1) is 19.8 Å². The normalized spacial score (nSPS) is 21.1. The average Bonchev–Trinajstić information content (AvgIpc) is 3.24. The molecule has 10 heteroatoms. The highest BCUT2D eigenvalue weighted by Crippen LogP contribution is 2.34. The van der Waals surface area contributed by atoms with Crippen LogP contribution in [-0.2, 0) is 27.5 Å². The van der Waals surface area contributed by atoms with E-state index in [4.69, 9.17) is 9.47 Å². The molecule has 0 aliphatic carbocycles. The molecule has 0 bridgehead atoms. The highest BCUT2D eigenvalue weighted by atomic mass is 19.1. The molecule has 3 amide bonds. The number of nitrogens with one attached hydrogen (secondary N) is 2. The molecule has 0 radical (unpaired) electrons. The largest absolute Gasteiger partial charge is 0.488 e. The Morgan fingerprint density at radius 1 is 1.19 bits per heavy atom. The Labute approximate surface area is 214 Å². The number of carbonyl (C=O) groups is 3. The molecule has 2 fully saturated rings. The molecule has 0 aromatic heterocycles. The van der Waals surface area contributed by atoms with E-state index < -0.39 is 11.9 Å². The van der Waals surface area contributed by atoms with Crippen LogP contribution in [0.3, 0.4) is 0 Å². The molecule has 37 heavy (non-hydrogen) atoms. The molecule has 3 aliphatic heterocycles. The molecule has 9 nitrogen and oxygen atoms in total. The van der Waals surface area contributed by atoms with E-state index in [1.807, 2.05) is 13.1 Å². The van der Waals surface area contributed by atoms with Gasteiger partial charge in [-0.1, -0.05) is 18.2 Å². The fourth-order valence-corrected chi connectivity index (χ4v) is 5.28. The van der Waals surface area contributed by atoms with E-state index >= 15 is 4.39 Å². The first kappa shape index (κ1) is 25.3. The van der Waals surface area contributed by atoms with Gasteiger partial charge in [0.15, 0.2) is 0 Å². The molecular weight excluding hydrogens is 479 g/mol. The number of likely N-dealkylation sites (N-methyl/N-ethyl adjacent to an activating group) is 1. The van der Waals surface area contributed by atoms with Gasteiger partial charge in [0.25, 0.3) is 5.91 Å². The third-order valence-corrected chi connectivity index (χ3v) is 7.27. The van der Waals surface area contributed by atoms with Crippen molar-refractivity contribution in [3.8, 4) is 5.75 Å². The number of ether oxygens (including phenoxy) is 2. The first-order chi connectivity index (χ1) is 18.0. The lowest BCUT2D eigenvalue weighted by atomic mass is 10.0. The monoisotopic (exact) mass is 510 g/mol. The molecule has 3 heterocycles. The first-order valence-electron chi connectivity index (χ1n) is 12.6. The average molecular weight is 511 g/mol. The van der Waals surface area contributed by atoms with Crippen molar-refractivity contribution in [3.63, 3.8) is 0 Å². The highest BCUT2D eigenvalue weighted by molar-refractivity contribution is 6.05. The lowest BCUT2D eigenvalue weighted by Gasteiger charge is -2.34. The highest BCUT2D eigenvalue weighted by Gasteiger charge is 2.40. The maximum atomic E-state index is 15.2. The lowest BCUT2D eigenvalue weighted by molar-refractivity contribution is -0.136. The van der Waals surface area contributed by atoms with Gasteiger partial charge in [-0.2, -0.15) is 0 Å². The zero-order valence-electron chi connectivity index (χ0n) is 20.8. The molecule has 2 aromatic rings. The maximum absolute atomic E-state index is 15.2. The Morgan fingerprint density at radius 3 is 2.73 bits per heavy atom. The smallest absolute Gasteiger partial charge is 0.255 e. The Hall–Kier alpha value is -3.34. The number of amides is 3. The fourth-order valence-electron chi connectivity index (χ4n) is 5.28. The lowest BCUT2D eigenvalue weighted by Crippen LogP contribution is -2.52. The van der Waals surface area contributed by atoms with Crippen LogP contribution < -0.4 is 15.4 Å². The summed E-state index contributed by atoms with van der Waals surface area (Å²) in [6.07, 6.45) is 0.479. The zero-order valence-corrected chi connectivity index (χ0v) is 20.8. The van der Waals surface area contributed by atoms with Crippen LogP contribution in [0.5, 0.6) is 5.75 Å². The number of carbonyl (C=O) groups excluding carboxylic acids is 3. The van der Waals surface area contributed by atoms with Crippen LogP contribution in [0.25, 0.3) is 0 Å². The number of rotatable bonds is 8. The Kier molecular flexibility index (Phi) is 7.50. The summed E-state index contributed by atoms with van der Waals surface area (Å²) in [6, 6.07) is 9.74. The second-order valence-corrected chi connectivity index (χ2v) is 9.54. The van der Waals surface area contributed by atoms with Crippen molar-refractivity contribution in [1.29, 1.82) is 0 Å². The summed E-state index contributed by atoms with van der Waals surface area (Å²) in [5, 5.41) is 5.51. The molecule has 2 saturated heterocycles. The van der Waals surface area contributed by atoms with Gasteiger partial charge in [0.1, 0.15) is 24.2 Å². The standard InChI is InChI=1S/C27H31FN4O5/c1-29-14-23(31-9-11-36-12-10-31)17-5-6-18(21(28)13-17)16-37-24-4-2-3-19-20(24)15-32(27(19)35)22-7-8-25(33)30-26(22)34/h2-6,13,22-23,29H,7-12,14-16H2,1H3,(H,30,33,34)/t22-,23?/m0/s1. The third kappa shape index (κ3) is 5.22. The fraction of sp³-hybridized carbons (Fsp3) is 0.444. The second kappa shape index (κ2) is 11.0.